The van der Waals surface area contributed by atoms with Crippen molar-refractivity contribution in [2.45, 2.75) is 58.0 Å². The van der Waals surface area contributed by atoms with Crippen LogP contribution in [0.3, 0.4) is 0 Å². The lowest BCUT2D eigenvalue weighted by Gasteiger charge is -2.07. The third-order valence-corrected chi connectivity index (χ3v) is 5.39. The Bertz CT molecular complexity index is 990. The molecule has 6 heteroatoms. The number of hydrogen-bond acceptors (Lipinski definition) is 2. The van der Waals surface area contributed by atoms with Crippen molar-refractivity contribution >= 4 is 16.9 Å². The zero-order chi connectivity index (χ0) is 22.3. The molecule has 3 nitrogen and oxygen atoms in total. The molecule has 1 N–H and O–H groups in total. The number of carbonyl (C=O) groups excluding carboxylic acids is 1. The molecule has 0 saturated carbocycles. The average Bonchev–Trinajstić information content (AvgIpc) is 3.17. The maximum Gasteiger partial charge on any atom is 0.416 e. The van der Waals surface area contributed by atoms with E-state index in [0.29, 0.717) is 13.0 Å². The third kappa shape index (κ3) is 6.61. The fourth-order valence-corrected chi connectivity index (χ4v) is 3.64. The van der Waals surface area contributed by atoms with E-state index >= 15 is 0 Å². The minimum Gasteiger partial charge on any atom is -0.461 e. The monoisotopic (exact) mass is 431 g/mol. The van der Waals surface area contributed by atoms with Gasteiger partial charge in [0.2, 0.25) is 5.91 Å². The molecule has 0 spiro atoms. The summed E-state index contributed by atoms with van der Waals surface area (Å²) in [5, 5.41) is 4.01. The van der Waals surface area contributed by atoms with Crippen LogP contribution in [0, 0.1) is 0 Å². The molecule has 1 amide bonds. The number of nitrogens with one attached hydrogen (secondary N) is 1. The van der Waals surface area contributed by atoms with Crippen molar-refractivity contribution in [3.8, 4) is 0 Å². The van der Waals surface area contributed by atoms with Gasteiger partial charge in [-0.15, -0.1) is 0 Å². The first-order valence-corrected chi connectivity index (χ1v) is 10.8. The fraction of sp³-hybridized carbons (Fsp3) is 0.400. The quantitative estimate of drug-likeness (QED) is 0.374. The Labute approximate surface area is 180 Å². The van der Waals surface area contributed by atoms with Gasteiger partial charge in [-0.05, 0) is 67.5 Å². The Morgan fingerprint density at radius 1 is 0.968 bits per heavy atom. The Balaban J connectivity index is 1.49. The number of unbranched alkanes of at least 4 members (excludes halogenated alkanes) is 1. The van der Waals surface area contributed by atoms with E-state index in [4.69, 9.17) is 4.42 Å². The minimum absolute atomic E-state index is 0.0695. The van der Waals surface area contributed by atoms with Crippen LogP contribution in [0.1, 0.15) is 55.1 Å². The molecule has 31 heavy (non-hydrogen) atoms. The summed E-state index contributed by atoms with van der Waals surface area (Å²) in [4.78, 5) is 11.3. The van der Waals surface area contributed by atoms with Crippen LogP contribution in [0.5, 0.6) is 0 Å². The second-order valence-corrected chi connectivity index (χ2v) is 7.75. The smallest absolute Gasteiger partial charge is 0.416 e. The molecular weight excluding hydrogens is 403 g/mol. The molecule has 3 rings (SSSR count). The summed E-state index contributed by atoms with van der Waals surface area (Å²) < 4.78 is 43.9. The first-order chi connectivity index (χ1) is 14.9. The molecule has 0 aliphatic heterocycles. The van der Waals surface area contributed by atoms with Gasteiger partial charge in [0, 0.05) is 24.8 Å². The molecular formula is C25H28F3NO2. The highest BCUT2D eigenvalue weighted by Gasteiger charge is 2.29. The molecule has 3 aromatic rings. The van der Waals surface area contributed by atoms with E-state index in [2.05, 4.69) is 17.4 Å². The number of alkyl halides is 3. The standard InChI is InChI=1S/C25H28F3NO2/c1-2-24(30)29-16-6-9-19-8-5-11-23-22(19)17-21(31-23)10-4-3-7-18-12-14-20(15-13-18)25(26,27)28/h5,8,11-15,17H,2-4,6-7,9-10,16H2,1H3,(H,29,30). The largest absolute Gasteiger partial charge is 0.461 e. The number of carbonyl (C=O) groups is 1. The van der Waals surface area contributed by atoms with Crippen molar-refractivity contribution < 1.29 is 22.4 Å². The Morgan fingerprint density at radius 2 is 1.71 bits per heavy atom. The first-order valence-electron chi connectivity index (χ1n) is 10.8. The zero-order valence-electron chi connectivity index (χ0n) is 17.7. The summed E-state index contributed by atoms with van der Waals surface area (Å²) >= 11 is 0. The van der Waals surface area contributed by atoms with E-state index in [1.54, 1.807) is 12.1 Å². The molecule has 0 saturated heterocycles. The third-order valence-electron chi connectivity index (χ3n) is 5.39. The van der Waals surface area contributed by atoms with Crippen molar-refractivity contribution in [1.29, 1.82) is 0 Å². The molecule has 0 atom stereocenters. The highest BCUT2D eigenvalue weighted by atomic mass is 19.4. The van der Waals surface area contributed by atoms with Gasteiger partial charge in [0.25, 0.3) is 0 Å². The van der Waals surface area contributed by atoms with Gasteiger partial charge in [0.05, 0.1) is 5.56 Å². The minimum atomic E-state index is -4.29. The van der Waals surface area contributed by atoms with Crippen molar-refractivity contribution in [3.63, 3.8) is 0 Å². The van der Waals surface area contributed by atoms with Gasteiger partial charge >= 0.3 is 6.18 Å². The molecule has 1 heterocycles. The topological polar surface area (TPSA) is 42.2 Å². The van der Waals surface area contributed by atoms with E-state index < -0.39 is 11.7 Å². The summed E-state index contributed by atoms with van der Waals surface area (Å²) in [6.45, 7) is 2.50. The summed E-state index contributed by atoms with van der Waals surface area (Å²) in [6.07, 6.45) is 1.27. The Kier molecular flexibility index (Phi) is 7.77. The summed E-state index contributed by atoms with van der Waals surface area (Å²) in [7, 11) is 0. The lowest BCUT2D eigenvalue weighted by Crippen LogP contribution is -2.23. The van der Waals surface area contributed by atoms with Crippen LogP contribution in [0.4, 0.5) is 13.2 Å². The number of amides is 1. The van der Waals surface area contributed by atoms with Crippen molar-refractivity contribution in [2.24, 2.45) is 0 Å². The molecule has 1 aromatic heterocycles. The number of hydrogen-bond donors (Lipinski definition) is 1. The van der Waals surface area contributed by atoms with Crippen LogP contribution in [-0.4, -0.2) is 12.5 Å². The molecule has 0 bridgehead atoms. The highest BCUT2D eigenvalue weighted by molar-refractivity contribution is 5.81. The van der Waals surface area contributed by atoms with Gasteiger partial charge in [-0.25, -0.2) is 0 Å². The molecule has 0 unspecified atom stereocenters. The number of fused-ring (bicyclic) bond motifs is 1. The second kappa shape index (κ2) is 10.5. The number of benzene rings is 2. The molecule has 166 valence electrons. The molecule has 2 aromatic carbocycles. The molecule has 0 aliphatic carbocycles. The van der Waals surface area contributed by atoms with Crippen LogP contribution in [0.15, 0.2) is 52.9 Å². The predicted octanol–water partition coefficient (Wildman–Crippen LogP) is 6.48. The molecule has 0 aliphatic rings. The normalized spacial score (nSPS) is 11.7. The summed E-state index contributed by atoms with van der Waals surface area (Å²) in [5.41, 5.74) is 2.38. The van der Waals surface area contributed by atoms with Crippen LogP contribution in [-0.2, 0) is 30.2 Å². The second-order valence-electron chi connectivity index (χ2n) is 7.75. The number of rotatable bonds is 10. The average molecular weight is 431 g/mol. The highest BCUT2D eigenvalue weighted by Crippen LogP contribution is 2.29. The maximum atomic E-state index is 12.6. The lowest BCUT2D eigenvalue weighted by molar-refractivity contribution is -0.137. The van der Waals surface area contributed by atoms with E-state index in [9.17, 15) is 18.0 Å². The van der Waals surface area contributed by atoms with Gasteiger partial charge in [0.15, 0.2) is 0 Å². The van der Waals surface area contributed by atoms with Gasteiger partial charge in [-0.3, -0.25) is 4.79 Å². The Hall–Kier alpha value is -2.76. The summed E-state index contributed by atoms with van der Waals surface area (Å²) in [5.74, 6) is 0.995. The summed E-state index contributed by atoms with van der Waals surface area (Å²) in [6, 6.07) is 13.5. The van der Waals surface area contributed by atoms with E-state index in [-0.39, 0.29) is 5.91 Å². The van der Waals surface area contributed by atoms with Crippen LogP contribution in [0.2, 0.25) is 0 Å². The van der Waals surface area contributed by atoms with Crippen molar-refractivity contribution in [1.82, 2.24) is 5.32 Å². The van der Waals surface area contributed by atoms with Crippen molar-refractivity contribution in [2.75, 3.05) is 6.54 Å². The van der Waals surface area contributed by atoms with Gasteiger partial charge in [0.1, 0.15) is 11.3 Å². The van der Waals surface area contributed by atoms with Crippen molar-refractivity contribution in [3.05, 3.63) is 71.0 Å². The number of halogens is 3. The maximum absolute atomic E-state index is 12.6. The van der Waals surface area contributed by atoms with Gasteiger partial charge < -0.3 is 9.73 Å². The Morgan fingerprint density at radius 3 is 2.42 bits per heavy atom. The van der Waals surface area contributed by atoms with Crippen LogP contribution >= 0.6 is 0 Å². The molecule has 0 fully saturated rings. The van der Waals surface area contributed by atoms with Crippen LogP contribution in [0.25, 0.3) is 11.0 Å². The fourth-order valence-electron chi connectivity index (χ4n) is 3.64. The van der Waals surface area contributed by atoms with Crippen LogP contribution < -0.4 is 5.32 Å². The van der Waals surface area contributed by atoms with E-state index in [1.165, 1.54) is 5.56 Å². The van der Waals surface area contributed by atoms with E-state index in [0.717, 1.165) is 73.0 Å². The number of furan rings is 1. The van der Waals surface area contributed by atoms with E-state index in [1.807, 2.05) is 19.1 Å². The molecule has 0 radical (unpaired) electrons. The zero-order valence-corrected chi connectivity index (χ0v) is 17.7. The predicted molar refractivity (Wildman–Crippen MR) is 116 cm³/mol. The number of aryl methyl sites for hydroxylation is 3. The van der Waals surface area contributed by atoms with Gasteiger partial charge in [-0.1, -0.05) is 31.2 Å². The SMILES string of the molecule is CCC(=O)NCCCc1cccc2oc(CCCCc3ccc(C(F)(F)F)cc3)cc12. The van der Waals surface area contributed by atoms with Gasteiger partial charge in [-0.2, -0.15) is 13.2 Å². The lowest BCUT2D eigenvalue weighted by atomic mass is 10.0. The first kappa shape index (κ1) is 22.9.